The summed E-state index contributed by atoms with van der Waals surface area (Å²) in [4.78, 5) is 2.60. The van der Waals surface area contributed by atoms with Gasteiger partial charge in [-0.3, -0.25) is 4.90 Å². The van der Waals surface area contributed by atoms with Gasteiger partial charge in [0.05, 0.1) is 6.61 Å². The van der Waals surface area contributed by atoms with E-state index in [0.29, 0.717) is 12.0 Å². The van der Waals surface area contributed by atoms with Gasteiger partial charge in [0.2, 0.25) is 0 Å². The predicted molar refractivity (Wildman–Crippen MR) is 111 cm³/mol. The van der Waals surface area contributed by atoms with Crippen LogP contribution in [0.4, 0.5) is 0 Å². The third kappa shape index (κ3) is 4.65. The lowest BCUT2D eigenvalue weighted by atomic mass is 9.86. The van der Waals surface area contributed by atoms with Crippen LogP contribution in [0.1, 0.15) is 29.0 Å². The molecule has 1 fully saturated rings. The molecule has 3 aromatic carbocycles. The highest BCUT2D eigenvalue weighted by Gasteiger charge is 2.32. The molecule has 1 aliphatic heterocycles. The summed E-state index contributed by atoms with van der Waals surface area (Å²) in [5.41, 5.74) is 4.13. The molecule has 4 rings (SSSR count). The fourth-order valence-corrected chi connectivity index (χ4v) is 4.10. The van der Waals surface area contributed by atoms with E-state index >= 15 is 0 Å². The van der Waals surface area contributed by atoms with E-state index < -0.39 is 0 Å². The Bertz CT molecular complexity index is 762. The Morgan fingerprint density at radius 3 is 1.78 bits per heavy atom. The lowest BCUT2D eigenvalue weighted by Crippen LogP contribution is -2.45. The van der Waals surface area contributed by atoms with E-state index in [1.54, 1.807) is 0 Å². The van der Waals surface area contributed by atoms with Crippen molar-refractivity contribution in [2.24, 2.45) is 0 Å². The van der Waals surface area contributed by atoms with E-state index in [2.05, 4.69) is 95.9 Å². The molecule has 0 bridgehead atoms. The van der Waals surface area contributed by atoms with Crippen LogP contribution in [0.15, 0.2) is 91.0 Å². The molecule has 0 saturated carbocycles. The Labute approximate surface area is 162 Å². The van der Waals surface area contributed by atoms with Crippen LogP contribution in [0.2, 0.25) is 0 Å². The van der Waals surface area contributed by atoms with E-state index in [1.165, 1.54) is 16.7 Å². The number of ether oxygens (including phenoxy) is 1. The predicted octanol–water partition coefficient (Wildman–Crippen LogP) is 5.26. The smallest absolute Gasteiger partial charge is 0.0628 e. The molecule has 0 amide bonds. The lowest BCUT2D eigenvalue weighted by Gasteiger charge is -2.40. The Morgan fingerprint density at radius 1 is 0.704 bits per heavy atom. The van der Waals surface area contributed by atoms with Crippen LogP contribution in [0.5, 0.6) is 0 Å². The first-order valence-corrected chi connectivity index (χ1v) is 9.85. The zero-order chi connectivity index (χ0) is 18.3. The number of hydrogen-bond donors (Lipinski definition) is 0. The molecule has 2 nitrogen and oxygen atoms in total. The maximum absolute atomic E-state index is 5.95. The normalized spacial score (nSPS) is 19.9. The highest BCUT2D eigenvalue weighted by atomic mass is 16.5. The highest BCUT2D eigenvalue weighted by molar-refractivity contribution is 5.23. The first kappa shape index (κ1) is 18.0. The molecule has 3 aromatic rings. The number of nitrogens with zero attached hydrogens (tertiary/aromatic N) is 1. The number of rotatable bonds is 6. The minimum atomic E-state index is 0.376. The first-order valence-electron chi connectivity index (χ1n) is 9.85. The van der Waals surface area contributed by atoms with Gasteiger partial charge in [-0.05, 0) is 23.1 Å². The standard InChI is InChI=1S/C25H27NO/c1-4-10-21(11-5-1)18-26(19-22-12-6-2-7-13-22)25-20-27-17-16-24(25)23-14-8-3-9-15-23/h1-15,24-25H,16-20H2/t24-,25+/m0/s1. The van der Waals surface area contributed by atoms with E-state index in [0.717, 1.165) is 32.7 Å². The molecule has 0 N–H and O–H groups in total. The van der Waals surface area contributed by atoms with E-state index in [4.69, 9.17) is 4.74 Å². The van der Waals surface area contributed by atoms with Crippen molar-refractivity contribution in [2.45, 2.75) is 31.5 Å². The van der Waals surface area contributed by atoms with Crippen LogP contribution in [-0.2, 0) is 17.8 Å². The van der Waals surface area contributed by atoms with Gasteiger partial charge in [-0.2, -0.15) is 0 Å². The molecule has 0 aliphatic carbocycles. The van der Waals surface area contributed by atoms with Crippen LogP contribution in [0.25, 0.3) is 0 Å². The third-order valence-corrected chi connectivity index (χ3v) is 5.48. The van der Waals surface area contributed by atoms with E-state index in [-0.39, 0.29) is 0 Å². The summed E-state index contributed by atoms with van der Waals surface area (Å²) in [5, 5.41) is 0. The van der Waals surface area contributed by atoms with Crippen LogP contribution in [0.3, 0.4) is 0 Å². The minimum absolute atomic E-state index is 0.376. The SMILES string of the molecule is c1ccc(CN(Cc2ccccc2)[C@@H]2COCC[C@H]2c2ccccc2)cc1. The summed E-state index contributed by atoms with van der Waals surface area (Å²) in [6.07, 6.45) is 1.08. The van der Waals surface area contributed by atoms with Crippen LogP contribution in [0, 0.1) is 0 Å². The van der Waals surface area contributed by atoms with Crippen molar-refractivity contribution in [3.8, 4) is 0 Å². The van der Waals surface area contributed by atoms with Gasteiger partial charge < -0.3 is 4.74 Å². The van der Waals surface area contributed by atoms with Gasteiger partial charge in [-0.1, -0.05) is 91.0 Å². The summed E-state index contributed by atoms with van der Waals surface area (Å²) < 4.78 is 5.95. The molecule has 1 heterocycles. The Morgan fingerprint density at radius 2 is 1.22 bits per heavy atom. The molecule has 2 heteroatoms. The van der Waals surface area contributed by atoms with Gasteiger partial charge in [0.1, 0.15) is 0 Å². The largest absolute Gasteiger partial charge is 0.380 e. The molecule has 138 valence electrons. The second-order valence-corrected chi connectivity index (χ2v) is 7.32. The van der Waals surface area contributed by atoms with Gasteiger partial charge in [0, 0.05) is 31.7 Å². The van der Waals surface area contributed by atoms with Crippen molar-refractivity contribution in [2.75, 3.05) is 13.2 Å². The Balaban J connectivity index is 1.62. The molecule has 0 radical (unpaired) electrons. The topological polar surface area (TPSA) is 12.5 Å². The van der Waals surface area contributed by atoms with Gasteiger partial charge >= 0.3 is 0 Å². The molecule has 1 aliphatic rings. The fraction of sp³-hybridized carbons (Fsp3) is 0.280. The zero-order valence-electron chi connectivity index (χ0n) is 15.7. The molecule has 0 aromatic heterocycles. The quantitative estimate of drug-likeness (QED) is 0.596. The van der Waals surface area contributed by atoms with Crippen molar-refractivity contribution < 1.29 is 4.74 Å². The van der Waals surface area contributed by atoms with Crippen molar-refractivity contribution in [3.05, 3.63) is 108 Å². The molecule has 1 saturated heterocycles. The van der Waals surface area contributed by atoms with Crippen molar-refractivity contribution in [1.82, 2.24) is 4.90 Å². The van der Waals surface area contributed by atoms with Crippen LogP contribution >= 0.6 is 0 Å². The van der Waals surface area contributed by atoms with E-state index in [1.807, 2.05) is 0 Å². The van der Waals surface area contributed by atoms with Gasteiger partial charge in [-0.15, -0.1) is 0 Å². The van der Waals surface area contributed by atoms with Gasteiger partial charge in [0.25, 0.3) is 0 Å². The van der Waals surface area contributed by atoms with E-state index in [9.17, 15) is 0 Å². The van der Waals surface area contributed by atoms with Crippen LogP contribution in [-0.4, -0.2) is 24.2 Å². The summed E-state index contributed by atoms with van der Waals surface area (Å²) in [7, 11) is 0. The average molecular weight is 357 g/mol. The molecule has 0 spiro atoms. The van der Waals surface area contributed by atoms with Gasteiger partial charge in [-0.25, -0.2) is 0 Å². The van der Waals surface area contributed by atoms with Crippen molar-refractivity contribution in [1.29, 1.82) is 0 Å². The summed E-state index contributed by atoms with van der Waals surface area (Å²) in [5.74, 6) is 0.507. The first-order chi connectivity index (χ1) is 13.4. The maximum atomic E-state index is 5.95. The van der Waals surface area contributed by atoms with Crippen LogP contribution < -0.4 is 0 Å². The maximum Gasteiger partial charge on any atom is 0.0628 e. The van der Waals surface area contributed by atoms with Crippen molar-refractivity contribution >= 4 is 0 Å². The zero-order valence-corrected chi connectivity index (χ0v) is 15.7. The summed E-state index contributed by atoms with van der Waals surface area (Å²) >= 11 is 0. The molecular formula is C25H27NO. The minimum Gasteiger partial charge on any atom is -0.380 e. The summed E-state index contributed by atoms with van der Waals surface area (Å²) in [6, 6.07) is 32.9. The highest BCUT2D eigenvalue weighted by Crippen LogP contribution is 2.32. The second-order valence-electron chi connectivity index (χ2n) is 7.32. The number of hydrogen-bond acceptors (Lipinski definition) is 2. The average Bonchev–Trinajstić information content (AvgIpc) is 2.75. The Kier molecular flexibility index (Phi) is 5.98. The number of benzene rings is 3. The molecular weight excluding hydrogens is 330 g/mol. The molecule has 0 unspecified atom stereocenters. The van der Waals surface area contributed by atoms with Gasteiger partial charge in [0.15, 0.2) is 0 Å². The molecule has 2 atom stereocenters. The monoisotopic (exact) mass is 357 g/mol. The van der Waals surface area contributed by atoms with Crippen molar-refractivity contribution in [3.63, 3.8) is 0 Å². The Hall–Kier alpha value is -2.42. The second kappa shape index (κ2) is 8.98. The fourth-order valence-electron chi connectivity index (χ4n) is 4.10. The molecule has 27 heavy (non-hydrogen) atoms. The lowest BCUT2D eigenvalue weighted by molar-refractivity contribution is -0.00294. The third-order valence-electron chi connectivity index (χ3n) is 5.48. The summed E-state index contributed by atoms with van der Waals surface area (Å²) in [6.45, 7) is 3.51.